The van der Waals surface area contributed by atoms with Gasteiger partial charge in [-0.1, -0.05) is 73.1 Å². The Labute approximate surface area is 588 Å². The summed E-state index contributed by atoms with van der Waals surface area (Å²) in [6.07, 6.45) is 3.65. The summed E-state index contributed by atoms with van der Waals surface area (Å²) in [6.45, 7) is 8.06. The lowest BCUT2D eigenvalue weighted by atomic mass is 9.78. The van der Waals surface area contributed by atoms with E-state index in [1.54, 1.807) is 11.8 Å². The van der Waals surface area contributed by atoms with Gasteiger partial charge in [0.25, 0.3) is 0 Å². The number of likely N-dealkylation sites (N-methyl/N-ethyl adjacent to an activating group) is 7. The largest absolute Gasteiger partial charge is 0.393 e. The van der Waals surface area contributed by atoms with Gasteiger partial charge >= 0.3 is 6.18 Å². The van der Waals surface area contributed by atoms with E-state index in [1.165, 1.54) is 68.9 Å². The van der Waals surface area contributed by atoms with Gasteiger partial charge in [-0.3, -0.25) is 57.5 Å². The summed E-state index contributed by atoms with van der Waals surface area (Å²) in [6, 6.07) is -8.83. The molecule has 12 amide bonds. The number of halogens is 4. The summed E-state index contributed by atoms with van der Waals surface area (Å²) < 4.78 is 47.7. The maximum absolute atomic E-state index is 15.8. The first-order valence-electron chi connectivity index (χ1n) is 36.3. The number of hydrogen-bond acceptors (Lipinski definition) is 13. The van der Waals surface area contributed by atoms with Crippen molar-refractivity contribution in [2.24, 2.45) is 29.6 Å². The van der Waals surface area contributed by atoms with Crippen molar-refractivity contribution in [2.45, 2.75) is 242 Å². The van der Waals surface area contributed by atoms with Crippen LogP contribution in [0.2, 0.25) is 0 Å². The number of likely N-dealkylation sites (tertiary alicyclic amines) is 1. The van der Waals surface area contributed by atoms with Crippen LogP contribution in [0, 0.1) is 29.6 Å². The number of fused-ring (bicyclic) bond motifs is 1. The number of nitrogens with one attached hydrogen (secondary N) is 3. The molecule has 3 unspecified atom stereocenters. The summed E-state index contributed by atoms with van der Waals surface area (Å²) in [7, 11) is 9.80. The van der Waals surface area contributed by atoms with Crippen molar-refractivity contribution >= 4 is 82.5 Å². The van der Waals surface area contributed by atoms with Crippen molar-refractivity contribution in [3.8, 4) is 0 Å². The molecule has 3 saturated heterocycles. The minimum absolute atomic E-state index is 0.0117. The van der Waals surface area contributed by atoms with Crippen molar-refractivity contribution in [2.75, 3.05) is 102 Å². The molecule has 3 aliphatic carbocycles. The summed E-state index contributed by atoms with van der Waals surface area (Å²) in [4.78, 5) is 190. The van der Waals surface area contributed by atoms with E-state index in [0.29, 0.717) is 70.9 Å². The van der Waals surface area contributed by atoms with E-state index >= 15 is 28.8 Å². The van der Waals surface area contributed by atoms with Crippen molar-refractivity contribution < 1.29 is 75.4 Å². The monoisotopic (exact) mass is 1420 g/mol. The van der Waals surface area contributed by atoms with E-state index in [2.05, 4.69) is 16.0 Å². The number of nitrogens with zero attached hydrogens (tertiary/aromatic N) is 9. The molecule has 0 aromatic carbocycles. The van der Waals surface area contributed by atoms with E-state index in [4.69, 9.17) is 16.3 Å². The van der Waals surface area contributed by atoms with Gasteiger partial charge < -0.3 is 64.8 Å². The smallest absolute Gasteiger partial charge is 0.379 e. The van der Waals surface area contributed by atoms with Crippen LogP contribution in [-0.2, 0) is 62.3 Å². The third kappa shape index (κ3) is 21.2. The molecule has 6 rings (SSSR count). The molecule has 11 atom stereocenters. The zero-order chi connectivity index (χ0) is 73.4. The van der Waals surface area contributed by atoms with Crippen LogP contribution >= 0.6 is 11.6 Å². The standard InChI is InChI=1S/C70H114ClF3N12O13/c1-13-36-99-43-54-64(94)79(7)40-55(87)75-50(30-28-46-27-29-48(49(71)38-46)70(72,73)74)63(93)86-35-23-26-51(86)62(92)77-69(31-19-20-32-69)68(98)84(12)60(47-24-17-15-18-25-47)67(97)83(11)53(65(95)85-33-21-16-22-34-85)39-56(88)81(9)52(37-44(3)4)61(91)76-59(45(5)14-2)66(96)80(8)41-57(89)78(6)42-58(90)82(54)10/h44-54,59-60H,13-43H2,1-12H3,(H,75,87)(H,76,91)(H,77,92)/t45-,46?,48?,49?,50-,51-,52-,53-,54-,59-,60-/m0/s1. The second kappa shape index (κ2) is 37.0. The zero-order valence-electron chi connectivity index (χ0n) is 60.8. The zero-order valence-corrected chi connectivity index (χ0v) is 61.5. The molecule has 0 radical (unpaired) electrons. The molecule has 1 spiro atoms. The third-order valence-electron chi connectivity index (χ3n) is 21.8. The molecule has 3 heterocycles. The van der Waals surface area contributed by atoms with E-state index in [-0.39, 0.29) is 89.4 Å². The van der Waals surface area contributed by atoms with Crippen molar-refractivity contribution in [3.05, 3.63) is 0 Å². The Bertz CT molecular complexity index is 2840. The summed E-state index contributed by atoms with van der Waals surface area (Å²) >= 11 is 6.38. The molecule has 560 valence electrons. The minimum Gasteiger partial charge on any atom is -0.379 e. The SMILES string of the molecule is CCCOC[C@H]1C(=O)N(C)CC(=O)N[C@@H](CCC2CCC(C(F)(F)F)C(Cl)C2)C(=O)N2CCC[C@H]2C(=O)NC2(CCCC2)C(=O)N(C)[C@@H](C2CCCCC2)C(=O)N(C)[C@H](C(=O)N2CCCCC2)CC(=O)N(C)[C@@H](CC(C)C)C(=O)N[C@@H]([C@@H](C)CC)C(=O)N(C)CC(=O)N(C)CC(=O)N1C. The van der Waals surface area contributed by atoms with Gasteiger partial charge in [0.15, 0.2) is 0 Å². The maximum Gasteiger partial charge on any atom is 0.393 e. The summed E-state index contributed by atoms with van der Waals surface area (Å²) in [5, 5.41) is 7.53. The van der Waals surface area contributed by atoms with Crippen LogP contribution in [0.15, 0.2) is 0 Å². The van der Waals surface area contributed by atoms with Crippen LogP contribution in [0.3, 0.4) is 0 Å². The van der Waals surface area contributed by atoms with Gasteiger partial charge in [0, 0.05) is 81.0 Å². The molecule has 0 aromatic heterocycles. The van der Waals surface area contributed by atoms with Crippen molar-refractivity contribution in [1.82, 2.24) is 60.0 Å². The molecule has 99 heavy (non-hydrogen) atoms. The molecule has 29 heteroatoms. The second-order valence-corrected chi connectivity index (χ2v) is 30.1. The van der Waals surface area contributed by atoms with Gasteiger partial charge in [0.2, 0.25) is 70.9 Å². The lowest BCUT2D eigenvalue weighted by molar-refractivity contribution is -0.182. The normalized spacial score (nSPS) is 29.2. The van der Waals surface area contributed by atoms with Crippen LogP contribution in [-0.4, -0.2) is 276 Å². The van der Waals surface area contributed by atoms with Gasteiger partial charge in [0.1, 0.15) is 47.8 Å². The van der Waals surface area contributed by atoms with Crippen LogP contribution in [0.1, 0.15) is 182 Å². The molecule has 6 aliphatic rings. The van der Waals surface area contributed by atoms with Gasteiger partial charge in [-0.15, -0.1) is 11.6 Å². The van der Waals surface area contributed by atoms with E-state index in [0.717, 1.165) is 45.3 Å². The summed E-state index contributed by atoms with van der Waals surface area (Å²) in [5.41, 5.74) is -1.56. The van der Waals surface area contributed by atoms with Crippen LogP contribution in [0.4, 0.5) is 13.2 Å². The molecule has 3 saturated carbocycles. The first-order chi connectivity index (χ1) is 46.7. The average molecular weight is 1420 g/mol. The Morgan fingerprint density at radius 2 is 1.24 bits per heavy atom. The van der Waals surface area contributed by atoms with Gasteiger partial charge in [0.05, 0.1) is 38.6 Å². The average Bonchev–Trinajstić information content (AvgIpc) is 1.75. The van der Waals surface area contributed by atoms with Gasteiger partial charge in [-0.25, -0.2) is 0 Å². The Kier molecular flexibility index (Phi) is 30.5. The Hall–Kier alpha value is -6.32. The fraction of sp³-hybridized carbons (Fsp3) is 0.829. The number of alkyl halides is 4. The third-order valence-corrected chi connectivity index (χ3v) is 22.3. The highest BCUT2D eigenvalue weighted by Crippen LogP contribution is 2.44. The number of hydrogen-bond donors (Lipinski definition) is 3. The predicted molar refractivity (Wildman–Crippen MR) is 364 cm³/mol. The molecule has 6 fully saturated rings. The first-order valence-corrected chi connectivity index (χ1v) is 36.7. The van der Waals surface area contributed by atoms with Gasteiger partial charge in [-0.2, -0.15) is 13.2 Å². The van der Waals surface area contributed by atoms with Crippen molar-refractivity contribution in [1.29, 1.82) is 0 Å². The highest BCUT2D eigenvalue weighted by molar-refractivity contribution is 6.21. The lowest BCUT2D eigenvalue weighted by Crippen LogP contribution is -2.65. The maximum atomic E-state index is 15.8. The second-order valence-electron chi connectivity index (χ2n) is 29.6. The number of piperidine rings is 1. The number of rotatable bonds is 13. The van der Waals surface area contributed by atoms with E-state index in [1.807, 2.05) is 27.7 Å². The molecule has 3 N–H and O–H groups in total. The van der Waals surface area contributed by atoms with Crippen LogP contribution in [0.25, 0.3) is 0 Å². The molecular formula is C70H114ClF3N12O13. The highest BCUT2D eigenvalue weighted by Gasteiger charge is 2.52. The molecule has 0 bridgehead atoms. The summed E-state index contributed by atoms with van der Waals surface area (Å²) in [5.74, 6) is -11.0. The quantitative estimate of drug-likeness (QED) is 0.163. The van der Waals surface area contributed by atoms with E-state index in [9.17, 15) is 41.9 Å². The Balaban J connectivity index is 1.42. The number of carbonyl (C=O) groups is 12. The van der Waals surface area contributed by atoms with Crippen molar-refractivity contribution in [3.63, 3.8) is 0 Å². The lowest BCUT2D eigenvalue weighted by Gasteiger charge is -2.43. The number of carbonyl (C=O) groups excluding carboxylic acids is 12. The van der Waals surface area contributed by atoms with E-state index < -0.39 is 174 Å². The Morgan fingerprint density at radius 3 is 1.85 bits per heavy atom. The topological polar surface area (TPSA) is 279 Å². The molecule has 25 nitrogen and oxygen atoms in total. The molecule has 0 aromatic rings. The first kappa shape index (κ1) is 81.6. The number of amides is 12. The van der Waals surface area contributed by atoms with Crippen LogP contribution in [0.5, 0.6) is 0 Å². The molecule has 3 aliphatic heterocycles. The predicted octanol–water partition coefficient (Wildman–Crippen LogP) is 4.94. The highest BCUT2D eigenvalue weighted by atomic mass is 35.5. The van der Waals surface area contributed by atoms with Crippen LogP contribution < -0.4 is 16.0 Å². The Morgan fingerprint density at radius 1 is 0.626 bits per heavy atom. The fourth-order valence-electron chi connectivity index (χ4n) is 15.3. The minimum atomic E-state index is -4.51. The number of ether oxygens (including phenoxy) is 1. The molecular weight excluding hydrogens is 1310 g/mol. The van der Waals surface area contributed by atoms with Gasteiger partial charge in [-0.05, 0) is 126 Å². The fourth-order valence-corrected chi connectivity index (χ4v) is 15.9.